The molecule has 2 heterocycles. The van der Waals surface area contributed by atoms with E-state index < -0.39 is 0 Å². The number of likely N-dealkylation sites (tertiary alicyclic amines) is 1. The molecule has 0 aliphatic carbocycles. The molecule has 3 rings (SSSR count). The molecule has 1 amide bonds. The molecule has 1 aromatic heterocycles. The molecule has 1 aliphatic rings. The highest BCUT2D eigenvalue weighted by molar-refractivity contribution is 5.94. The average Bonchev–Trinajstić information content (AvgIpc) is 3.32. The third-order valence-electron chi connectivity index (χ3n) is 4.31. The number of nitrogens with one attached hydrogen (secondary N) is 1. The summed E-state index contributed by atoms with van der Waals surface area (Å²) >= 11 is 0. The van der Waals surface area contributed by atoms with E-state index in [-0.39, 0.29) is 11.8 Å². The molecule has 9 nitrogen and oxygen atoms in total. The first-order valence-electron chi connectivity index (χ1n) is 8.15. The zero-order chi connectivity index (χ0) is 17.6. The van der Waals surface area contributed by atoms with Crippen LogP contribution in [0.15, 0.2) is 24.5 Å². The average molecular weight is 346 g/mol. The summed E-state index contributed by atoms with van der Waals surface area (Å²) in [4.78, 5) is 14.8. The number of nitrogens with zero attached hydrogens (tertiary/aromatic N) is 5. The number of aromatic nitrogens is 4. The molecule has 1 N–H and O–H groups in total. The Morgan fingerprint density at radius 1 is 1.40 bits per heavy atom. The summed E-state index contributed by atoms with van der Waals surface area (Å²) in [6, 6.07) is 5.41. The van der Waals surface area contributed by atoms with E-state index in [2.05, 4.69) is 25.7 Å². The first kappa shape index (κ1) is 17.3. The molecule has 0 radical (unpaired) electrons. The van der Waals surface area contributed by atoms with Gasteiger partial charge in [0.15, 0.2) is 0 Å². The van der Waals surface area contributed by atoms with Gasteiger partial charge in [-0.15, -0.1) is 5.10 Å². The van der Waals surface area contributed by atoms with Crippen LogP contribution < -0.4 is 10.1 Å². The highest BCUT2D eigenvalue weighted by Gasteiger charge is 2.28. The van der Waals surface area contributed by atoms with Crippen LogP contribution in [-0.2, 0) is 9.53 Å². The second-order valence-corrected chi connectivity index (χ2v) is 5.91. The molecule has 1 unspecified atom stereocenters. The summed E-state index contributed by atoms with van der Waals surface area (Å²) in [6.45, 7) is 3.20. The van der Waals surface area contributed by atoms with Crippen molar-refractivity contribution < 1.29 is 14.3 Å². The second-order valence-electron chi connectivity index (χ2n) is 5.91. The molecule has 2 aromatic rings. The van der Waals surface area contributed by atoms with Crippen LogP contribution in [0.25, 0.3) is 5.69 Å². The third-order valence-corrected chi connectivity index (χ3v) is 4.31. The highest BCUT2D eigenvalue weighted by atomic mass is 16.5. The summed E-state index contributed by atoms with van der Waals surface area (Å²) in [6.07, 6.45) is 2.35. The van der Waals surface area contributed by atoms with E-state index in [0.29, 0.717) is 18.0 Å². The third kappa shape index (κ3) is 4.12. The molecule has 0 saturated carbocycles. The van der Waals surface area contributed by atoms with Crippen LogP contribution in [0.5, 0.6) is 5.75 Å². The molecular weight excluding hydrogens is 324 g/mol. The van der Waals surface area contributed by atoms with Crippen molar-refractivity contribution in [2.45, 2.75) is 6.42 Å². The Morgan fingerprint density at radius 2 is 2.28 bits per heavy atom. The van der Waals surface area contributed by atoms with Gasteiger partial charge in [0.05, 0.1) is 31.0 Å². The summed E-state index contributed by atoms with van der Waals surface area (Å²) in [5.74, 6) is 0.546. The van der Waals surface area contributed by atoms with Gasteiger partial charge in [-0.3, -0.25) is 4.79 Å². The predicted molar refractivity (Wildman–Crippen MR) is 90.8 cm³/mol. The maximum Gasteiger partial charge on any atom is 0.228 e. The largest absolute Gasteiger partial charge is 0.494 e. The van der Waals surface area contributed by atoms with Crippen LogP contribution in [0, 0.1) is 5.92 Å². The first-order chi connectivity index (χ1) is 12.2. The molecule has 25 heavy (non-hydrogen) atoms. The van der Waals surface area contributed by atoms with Gasteiger partial charge >= 0.3 is 0 Å². The zero-order valence-electron chi connectivity index (χ0n) is 14.4. The minimum Gasteiger partial charge on any atom is -0.494 e. The molecule has 1 saturated heterocycles. The van der Waals surface area contributed by atoms with Crippen molar-refractivity contribution in [2.24, 2.45) is 5.92 Å². The van der Waals surface area contributed by atoms with Crippen molar-refractivity contribution in [3.8, 4) is 11.4 Å². The van der Waals surface area contributed by atoms with Crippen LogP contribution in [-0.4, -0.2) is 71.5 Å². The van der Waals surface area contributed by atoms with Crippen LogP contribution in [0.3, 0.4) is 0 Å². The van der Waals surface area contributed by atoms with E-state index in [0.717, 1.165) is 31.7 Å². The fraction of sp³-hybridized carbons (Fsp3) is 0.500. The maximum atomic E-state index is 12.6. The van der Waals surface area contributed by atoms with Crippen molar-refractivity contribution in [1.82, 2.24) is 25.1 Å². The van der Waals surface area contributed by atoms with E-state index >= 15 is 0 Å². The SMILES string of the molecule is COCCN1CCC(C(=O)Nc2ccc(-n3cnnn3)cc2OC)C1. The highest BCUT2D eigenvalue weighted by Crippen LogP contribution is 2.28. The minimum absolute atomic E-state index is 0.00777. The van der Waals surface area contributed by atoms with E-state index in [4.69, 9.17) is 9.47 Å². The molecule has 0 spiro atoms. The van der Waals surface area contributed by atoms with Gasteiger partial charge in [-0.05, 0) is 35.5 Å². The summed E-state index contributed by atoms with van der Waals surface area (Å²) < 4.78 is 12.0. The van der Waals surface area contributed by atoms with Crippen molar-refractivity contribution in [3.63, 3.8) is 0 Å². The number of tetrazole rings is 1. The van der Waals surface area contributed by atoms with Crippen molar-refractivity contribution in [3.05, 3.63) is 24.5 Å². The van der Waals surface area contributed by atoms with Gasteiger partial charge in [0.2, 0.25) is 5.91 Å². The normalized spacial score (nSPS) is 17.6. The van der Waals surface area contributed by atoms with Crippen LogP contribution in [0.4, 0.5) is 5.69 Å². The Labute approximate surface area is 145 Å². The topological polar surface area (TPSA) is 94.4 Å². The summed E-state index contributed by atoms with van der Waals surface area (Å²) in [7, 11) is 3.25. The lowest BCUT2D eigenvalue weighted by Gasteiger charge is -2.16. The number of amides is 1. The Kier molecular flexibility index (Phi) is 5.56. The van der Waals surface area contributed by atoms with Gasteiger partial charge in [-0.1, -0.05) is 0 Å². The van der Waals surface area contributed by atoms with E-state index in [1.807, 2.05) is 6.07 Å². The summed E-state index contributed by atoms with van der Waals surface area (Å²) in [5, 5.41) is 14.0. The van der Waals surface area contributed by atoms with E-state index in [1.54, 1.807) is 26.4 Å². The smallest absolute Gasteiger partial charge is 0.228 e. The molecule has 9 heteroatoms. The monoisotopic (exact) mass is 346 g/mol. The lowest BCUT2D eigenvalue weighted by Crippen LogP contribution is -2.29. The Hall–Kier alpha value is -2.52. The number of carbonyl (C=O) groups excluding carboxylic acids is 1. The van der Waals surface area contributed by atoms with Gasteiger partial charge < -0.3 is 19.7 Å². The number of ether oxygens (including phenoxy) is 2. The van der Waals surface area contributed by atoms with E-state index in [1.165, 1.54) is 11.0 Å². The molecule has 0 bridgehead atoms. The Balaban J connectivity index is 1.65. The van der Waals surface area contributed by atoms with Gasteiger partial charge in [0.1, 0.15) is 12.1 Å². The fourth-order valence-electron chi connectivity index (χ4n) is 2.91. The predicted octanol–water partition coefficient (Wildman–Crippen LogP) is 0.578. The van der Waals surface area contributed by atoms with Crippen molar-refractivity contribution in [2.75, 3.05) is 45.8 Å². The number of anilines is 1. The lowest BCUT2D eigenvalue weighted by molar-refractivity contribution is -0.119. The fourth-order valence-corrected chi connectivity index (χ4v) is 2.91. The second kappa shape index (κ2) is 8.04. The molecule has 1 fully saturated rings. The first-order valence-corrected chi connectivity index (χ1v) is 8.15. The number of carbonyl (C=O) groups is 1. The molecule has 1 atom stereocenters. The van der Waals surface area contributed by atoms with Crippen molar-refractivity contribution >= 4 is 11.6 Å². The molecular formula is C16H22N6O3. The lowest BCUT2D eigenvalue weighted by atomic mass is 10.1. The van der Waals surface area contributed by atoms with Gasteiger partial charge in [-0.25, -0.2) is 4.68 Å². The zero-order valence-corrected chi connectivity index (χ0v) is 14.4. The molecule has 1 aromatic carbocycles. The standard InChI is InChI=1S/C16H22N6O3/c1-24-8-7-21-6-5-12(10-21)16(23)18-14-4-3-13(9-15(14)25-2)22-11-17-19-20-22/h3-4,9,11-12H,5-8,10H2,1-2H3,(H,18,23). The number of hydrogen-bond acceptors (Lipinski definition) is 7. The van der Waals surface area contributed by atoms with Gasteiger partial charge in [0, 0.05) is 26.3 Å². The Morgan fingerprint density at radius 3 is 3.00 bits per heavy atom. The van der Waals surface area contributed by atoms with E-state index in [9.17, 15) is 4.79 Å². The maximum absolute atomic E-state index is 12.6. The number of hydrogen-bond donors (Lipinski definition) is 1. The van der Waals surface area contributed by atoms with Crippen LogP contribution in [0.2, 0.25) is 0 Å². The molecule has 134 valence electrons. The minimum atomic E-state index is -0.0271. The summed E-state index contributed by atoms with van der Waals surface area (Å²) in [5.41, 5.74) is 1.39. The number of benzene rings is 1. The quantitative estimate of drug-likeness (QED) is 0.783. The molecule has 1 aliphatic heterocycles. The van der Waals surface area contributed by atoms with Crippen LogP contribution in [0.1, 0.15) is 6.42 Å². The number of methoxy groups -OCH3 is 2. The number of rotatable bonds is 7. The Bertz CT molecular complexity index is 706. The van der Waals surface area contributed by atoms with Crippen molar-refractivity contribution in [1.29, 1.82) is 0 Å². The van der Waals surface area contributed by atoms with Gasteiger partial charge in [-0.2, -0.15) is 0 Å². The van der Waals surface area contributed by atoms with Gasteiger partial charge in [0.25, 0.3) is 0 Å². The van der Waals surface area contributed by atoms with Crippen LogP contribution >= 0.6 is 0 Å².